The summed E-state index contributed by atoms with van der Waals surface area (Å²) in [6.07, 6.45) is 9.40. The van der Waals surface area contributed by atoms with Gasteiger partial charge >= 0.3 is 0 Å². The molecule has 1 N–H and O–H groups in total. The van der Waals surface area contributed by atoms with Gasteiger partial charge in [0.25, 0.3) is 0 Å². The highest BCUT2D eigenvalue weighted by atomic mass is 16.3. The van der Waals surface area contributed by atoms with E-state index in [0.29, 0.717) is 6.04 Å². The van der Waals surface area contributed by atoms with Crippen LogP contribution >= 0.6 is 0 Å². The topological polar surface area (TPSA) is 25.2 Å². The van der Waals surface area contributed by atoms with Gasteiger partial charge in [-0.1, -0.05) is 40.5 Å². The summed E-state index contributed by atoms with van der Waals surface area (Å²) in [6, 6.07) is 2.82. The van der Waals surface area contributed by atoms with Crippen molar-refractivity contribution in [3.05, 3.63) is 23.5 Å². The van der Waals surface area contributed by atoms with E-state index in [1.807, 2.05) is 0 Å². The Morgan fingerprint density at radius 1 is 1.24 bits per heavy atom. The molecule has 0 radical (unpaired) electrons. The van der Waals surface area contributed by atoms with Crippen LogP contribution in [0, 0.1) is 17.3 Å². The molecule has 0 amide bonds. The Balaban J connectivity index is 1.96. The molecule has 2 nitrogen and oxygen atoms in total. The fourth-order valence-corrected chi connectivity index (χ4v) is 4.73. The summed E-state index contributed by atoms with van der Waals surface area (Å²) in [6.45, 7) is 9.32. The Morgan fingerprint density at radius 3 is 2.67 bits per heavy atom. The van der Waals surface area contributed by atoms with E-state index in [0.717, 1.165) is 24.7 Å². The van der Waals surface area contributed by atoms with Crippen molar-refractivity contribution in [1.82, 2.24) is 4.57 Å². The van der Waals surface area contributed by atoms with Gasteiger partial charge in [0.05, 0.1) is 6.10 Å². The average molecular weight is 289 g/mol. The van der Waals surface area contributed by atoms with Crippen molar-refractivity contribution in [3.63, 3.8) is 0 Å². The highest BCUT2D eigenvalue weighted by Crippen LogP contribution is 2.45. The van der Waals surface area contributed by atoms with E-state index in [9.17, 15) is 5.11 Å². The van der Waals surface area contributed by atoms with E-state index in [4.69, 9.17) is 0 Å². The number of hydrogen-bond acceptors (Lipinski definition) is 1. The fraction of sp³-hybridized carbons (Fsp3) is 0.789. The summed E-state index contributed by atoms with van der Waals surface area (Å²) >= 11 is 0. The minimum atomic E-state index is -0.272. The summed E-state index contributed by atoms with van der Waals surface area (Å²) in [4.78, 5) is 0. The van der Waals surface area contributed by atoms with E-state index in [1.54, 1.807) is 0 Å². The lowest BCUT2D eigenvalue weighted by Gasteiger charge is -2.39. The van der Waals surface area contributed by atoms with E-state index < -0.39 is 0 Å². The molecule has 3 atom stereocenters. The van der Waals surface area contributed by atoms with Crippen LogP contribution in [0.3, 0.4) is 0 Å². The van der Waals surface area contributed by atoms with E-state index >= 15 is 0 Å². The van der Waals surface area contributed by atoms with Gasteiger partial charge in [0.2, 0.25) is 0 Å². The number of rotatable bonds is 2. The number of aromatic nitrogens is 1. The van der Waals surface area contributed by atoms with Crippen molar-refractivity contribution in [1.29, 1.82) is 0 Å². The maximum atomic E-state index is 10.5. The van der Waals surface area contributed by atoms with Gasteiger partial charge in [-0.2, -0.15) is 0 Å². The zero-order valence-electron chi connectivity index (χ0n) is 14.1. The lowest BCUT2D eigenvalue weighted by Crippen LogP contribution is -2.31. The second kappa shape index (κ2) is 5.46. The molecule has 1 aromatic heterocycles. The lowest BCUT2D eigenvalue weighted by atomic mass is 9.74. The molecule has 0 saturated heterocycles. The Bertz CT molecular complexity index is 500. The molecule has 2 aliphatic rings. The first kappa shape index (κ1) is 15.1. The molecule has 1 aromatic rings. The molecule has 0 aliphatic heterocycles. The van der Waals surface area contributed by atoms with Crippen molar-refractivity contribution in [3.8, 4) is 0 Å². The third kappa shape index (κ3) is 2.79. The second-order valence-electron chi connectivity index (χ2n) is 8.45. The van der Waals surface area contributed by atoms with Crippen LogP contribution in [0.1, 0.15) is 83.2 Å². The molecule has 3 rings (SSSR count). The minimum absolute atomic E-state index is 0.213. The van der Waals surface area contributed by atoms with Crippen LogP contribution in [0.25, 0.3) is 0 Å². The van der Waals surface area contributed by atoms with Crippen molar-refractivity contribution in [2.24, 2.45) is 17.3 Å². The van der Waals surface area contributed by atoms with Crippen molar-refractivity contribution in [2.45, 2.75) is 78.4 Å². The normalized spacial score (nSPS) is 32.2. The fourth-order valence-electron chi connectivity index (χ4n) is 4.73. The summed E-state index contributed by atoms with van der Waals surface area (Å²) in [5.41, 5.74) is 2.82. The SMILES string of the molecule is CC(C)C1CCCCC1n1ccc2c1CC(C)(C)CC2O. The van der Waals surface area contributed by atoms with E-state index in [2.05, 4.69) is 44.5 Å². The van der Waals surface area contributed by atoms with Crippen LogP contribution in [-0.2, 0) is 6.42 Å². The second-order valence-corrected chi connectivity index (χ2v) is 8.45. The van der Waals surface area contributed by atoms with Crippen LogP contribution < -0.4 is 0 Å². The molecule has 1 heterocycles. The predicted molar refractivity (Wildman–Crippen MR) is 87.3 cm³/mol. The molecular formula is C19H31NO. The Morgan fingerprint density at radius 2 is 1.95 bits per heavy atom. The lowest BCUT2D eigenvalue weighted by molar-refractivity contribution is 0.0947. The van der Waals surface area contributed by atoms with Gasteiger partial charge in [0.15, 0.2) is 0 Å². The third-order valence-corrected chi connectivity index (χ3v) is 5.81. The van der Waals surface area contributed by atoms with Crippen molar-refractivity contribution >= 4 is 0 Å². The van der Waals surface area contributed by atoms with Crippen LogP contribution in [0.2, 0.25) is 0 Å². The number of aliphatic hydroxyl groups is 1. The highest BCUT2D eigenvalue weighted by Gasteiger charge is 2.36. The van der Waals surface area contributed by atoms with Crippen LogP contribution in [0.15, 0.2) is 12.3 Å². The monoisotopic (exact) mass is 289 g/mol. The highest BCUT2D eigenvalue weighted by molar-refractivity contribution is 5.30. The minimum Gasteiger partial charge on any atom is -0.388 e. The third-order valence-electron chi connectivity index (χ3n) is 5.81. The average Bonchev–Trinajstić information content (AvgIpc) is 2.80. The molecule has 0 spiro atoms. The first-order valence-corrected chi connectivity index (χ1v) is 8.77. The van der Waals surface area contributed by atoms with E-state index in [1.165, 1.54) is 36.9 Å². The van der Waals surface area contributed by atoms with Gasteiger partial charge in [0.1, 0.15) is 0 Å². The Hall–Kier alpha value is -0.760. The van der Waals surface area contributed by atoms with Gasteiger partial charge in [-0.05, 0) is 49.0 Å². The van der Waals surface area contributed by atoms with Gasteiger partial charge in [0, 0.05) is 23.5 Å². The number of hydrogen-bond donors (Lipinski definition) is 1. The van der Waals surface area contributed by atoms with Crippen LogP contribution in [-0.4, -0.2) is 9.67 Å². The van der Waals surface area contributed by atoms with Crippen LogP contribution in [0.4, 0.5) is 0 Å². The summed E-state index contributed by atoms with van der Waals surface area (Å²) in [7, 11) is 0. The quantitative estimate of drug-likeness (QED) is 0.824. The zero-order chi connectivity index (χ0) is 15.2. The molecule has 2 heteroatoms. The van der Waals surface area contributed by atoms with E-state index in [-0.39, 0.29) is 11.5 Å². The van der Waals surface area contributed by atoms with Crippen molar-refractivity contribution in [2.75, 3.05) is 0 Å². The molecule has 1 fully saturated rings. The first-order chi connectivity index (χ1) is 9.89. The Kier molecular flexibility index (Phi) is 3.94. The predicted octanol–water partition coefficient (Wildman–Crippen LogP) is 4.88. The molecule has 3 unspecified atom stereocenters. The maximum Gasteiger partial charge on any atom is 0.0812 e. The molecule has 118 valence electrons. The molecular weight excluding hydrogens is 258 g/mol. The number of fused-ring (bicyclic) bond motifs is 1. The zero-order valence-corrected chi connectivity index (χ0v) is 14.1. The molecule has 2 aliphatic carbocycles. The van der Waals surface area contributed by atoms with Gasteiger partial charge in [-0.15, -0.1) is 0 Å². The summed E-state index contributed by atoms with van der Waals surface area (Å²) in [5, 5.41) is 10.5. The summed E-state index contributed by atoms with van der Waals surface area (Å²) < 4.78 is 2.54. The number of aliphatic hydroxyl groups excluding tert-OH is 1. The summed E-state index contributed by atoms with van der Waals surface area (Å²) in [5.74, 6) is 1.53. The first-order valence-electron chi connectivity index (χ1n) is 8.77. The van der Waals surface area contributed by atoms with Gasteiger partial charge < -0.3 is 9.67 Å². The Labute approximate surface area is 129 Å². The molecule has 0 aromatic carbocycles. The maximum absolute atomic E-state index is 10.5. The number of nitrogens with zero attached hydrogens (tertiary/aromatic N) is 1. The van der Waals surface area contributed by atoms with Crippen molar-refractivity contribution < 1.29 is 5.11 Å². The largest absolute Gasteiger partial charge is 0.388 e. The van der Waals surface area contributed by atoms with Crippen LogP contribution in [0.5, 0.6) is 0 Å². The standard InChI is InChI=1S/C19H31NO/c1-13(2)14-7-5-6-8-16(14)20-10-9-15-17(20)11-19(3,4)12-18(15)21/h9-10,13-14,16,18,21H,5-8,11-12H2,1-4H3. The molecule has 21 heavy (non-hydrogen) atoms. The smallest absolute Gasteiger partial charge is 0.0812 e. The van der Waals surface area contributed by atoms with Gasteiger partial charge in [-0.25, -0.2) is 0 Å². The molecule has 0 bridgehead atoms. The molecule has 1 saturated carbocycles. The van der Waals surface area contributed by atoms with Gasteiger partial charge in [-0.3, -0.25) is 0 Å².